The number of aromatic nitrogens is 2. The first-order chi connectivity index (χ1) is 11.4. The van der Waals surface area contributed by atoms with E-state index in [4.69, 9.17) is 0 Å². The van der Waals surface area contributed by atoms with Crippen LogP contribution in [-0.2, 0) is 16.6 Å². The Bertz CT molecular complexity index is 986. The summed E-state index contributed by atoms with van der Waals surface area (Å²) < 4.78 is 55.2. The fourth-order valence-electron chi connectivity index (χ4n) is 2.47. The molecule has 0 aliphatic heterocycles. The Morgan fingerprint density at radius 3 is 2.71 bits per heavy atom. The third kappa shape index (κ3) is 2.90. The Labute approximate surface area is 138 Å². The Morgan fingerprint density at radius 1 is 1.21 bits per heavy atom. The van der Waals surface area contributed by atoms with Crippen LogP contribution in [0.1, 0.15) is 12.6 Å². The Hall–Kier alpha value is -2.32. The third-order valence-corrected chi connectivity index (χ3v) is 5.65. The molecule has 0 saturated heterocycles. The molecular weight excluding hydrogens is 336 g/mol. The summed E-state index contributed by atoms with van der Waals surface area (Å²) in [7, 11) is -4.09. The summed E-state index contributed by atoms with van der Waals surface area (Å²) in [6.07, 6.45) is 3.35. The van der Waals surface area contributed by atoms with E-state index in [0.717, 1.165) is 16.4 Å². The van der Waals surface area contributed by atoms with Crippen molar-refractivity contribution in [3.63, 3.8) is 0 Å². The first-order valence-electron chi connectivity index (χ1n) is 7.29. The van der Waals surface area contributed by atoms with Crippen LogP contribution in [0.3, 0.4) is 0 Å². The molecular formula is C16H15F2N3O2S. The molecule has 3 rings (SSSR count). The molecule has 24 heavy (non-hydrogen) atoms. The van der Waals surface area contributed by atoms with Crippen LogP contribution in [0.2, 0.25) is 0 Å². The van der Waals surface area contributed by atoms with Crippen LogP contribution < -0.4 is 0 Å². The second-order valence-corrected chi connectivity index (χ2v) is 7.09. The van der Waals surface area contributed by atoms with Gasteiger partial charge in [-0.15, -0.1) is 0 Å². The lowest BCUT2D eigenvalue weighted by atomic mass is 10.3. The lowest BCUT2D eigenvalue weighted by Crippen LogP contribution is -2.31. The summed E-state index contributed by atoms with van der Waals surface area (Å²) in [4.78, 5) is 3.67. The van der Waals surface area contributed by atoms with Crippen molar-refractivity contribution in [2.45, 2.75) is 18.4 Å². The van der Waals surface area contributed by atoms with E-state index in [1.807, 2.05) is 12.1 Å². The van der Waals surface area contributed by atoms with Gasteiger partial charge < -0.3 is 4.40 Å². The molecule has 5 nitrogen and oxygen atoms in total. The van der Waals surface area contributed by atoms with Crippen molar-refractivity contribution in [3.8, 4) is 0 Å². The molecule has 0 bridgehead atoms. The molecule has 0 aliphatic rings. The predicted octanol–water partition coefficient (Wildman–Crippen LogP) is 2.82. The molecule has 0 unspecified atom stereocenters. The van der Waals surface area contributed by atoms with E-state index < -0.39 is 26.6 Å². The topological polar surface area (TPSA) is 54.7 Å². The van der Waals surface area contributed by atoms with Crippen molar-refractivity contribution in [2.75, 3.05) is 6.54 Å². The molecule has 0 amide bonds. The molecule has 0 fully saturated rings. The molecule has 1 aromatic carbocycles. The number of hydrogen-bond donors (Lipinski definition) is 0. The quantitative estimate of drug-likeness (QED) is 0.710. The number of imidazole rings is 1. The molecule has 0 aliphatic carbocycles. The zero-order valence-electron chi connectivity index (χ0n) is 12.9. The lowest BCUT2D eigenvalue weighted by Gasteiger charge is -2.20. The van der Waals surface area contributed by atoms with E-state index in [0.29, 0.717) is 17.4 Å². The zero-order valence-corrected chi connectivity index (χ0v) is 13.7. The van der Waals surface area contributed by atoms with Crippen molar-refractivity contribution in [2.24, 2.45) is 0 Å². The Balaban J connectivity index is 1.98. The maximum Gasteiger partial charge on any atom is 0.246 e. The summed E-state index contributed by atoms with van der Waals surface area (Å²) in [6, 6.07) is 7.87. The van der Waals surface area contributed by atoms with E-state index in [1.165, 1.54) is 0 Å². The number of hydrogen-bond acceptors (Lipinski definition) is 3. The summed E-state index contributed by atoms with van der Waals surface area (Å²) >= 11 is 0. The number of sulfonamides is 1. The molecule has 0 atom stereocenters. The van der Waals surface area contributed by atoms with Crippen LogP contribution in [0.25, 0.3) is 5.65 Å². The SMILES string of the molecule is CCN(Cc1cnc2ccccn12)S(=O)(=O)c1ccc(F)cc1F. The highest BCUT2D eigenvalue weighted by molar-refractivity contribution is 7.89. The average molecular weight is 351 g/mol. The average Bonchev–Trinajstić information content (AvgIpc) is 2.95. The van der Waals surface area contributed by atoms with Gasteiger partial charge in [-0.05, 0) is 24.3 Å². The smallest absolute Gasteiger partial charge is 0.246 e. The lowest BCUT2D eigenvalue weighted by molar-refractivity contribution is 0.413. The molecule has 2 aromatic heterocycles. The maximum absolute atomic E-state index is 13.9. The fraction of sp³-hybridized carbons (Fsp3) is 0.188. The van der Waals surface area contributed by atoms with Gasteiger partial charge in [0, 0.05) is 18.8 Å². The summed E-state index contributed by atoms with van der Waals surface area (Å²) in [5.41, 5.74) is 1.34. The standard InChI is InChI=1S/C16H15F2N3O2S/c1-2-20(11-13-10-19-16-5-3-4-8-21(13)16)24(22,23)15-7-6-12(17)9-14(15)18/h3-10H,2,11H2,1H3. The minimum absolute atomic E-state index is 0.0286. The predicted molar refractivity (Wildman–Crippen MR) is 84.8 cm³/mol. The van der Waals surface area contributed by atoms with E-state index in [-0.39, 0.29) is 13.1 Å². The summed E-state index contributed by atoms with van der Waals surface area (Å²) in [5, 5.41) is 0. The first-order valence-corrected chi connectivity index (χ1v) is 8.73. The van der Waals surface area contributed by atoms with E-state index in [2.05, 4.69) is 4.98 Å². The third-order valence-electron chi connectivity index (χ3n) is 3.70. The Morgan fingerprint density at radius 2 is 2.00 bits per heavy atom. The number of benzene rings is 1. The van der Waals surface area contributed by atoms with Crippen LogP contribution in [0.15, 0.2) is 53.7 Å². The summed E-state index contributed by atoms with van der Waals surface area (Å²) in [5.74, 6) is -1.93. The van der Waals surface area contributed by atoms with Gasteiger partial charge in [0.15, 0.2) is 0 Å². The highest BCUT2D eigenvalue weighted by Gasteiger charge is 2.27. The van der Waals surface area contributed by atoms with Gasteiger partial charge in [-0.2, -0.15) is 4.31 Å². The van der Waals surface area contributed by atoms with Crippen molar-refractivity contribution >= 4 is 15.7 Å². The highest BCUT2D eigenvalue weighted by atomic mass is 32.2. The molecule has 126 valence electrons. The Kier molecular flexibility index (Phi) is 4.33. The summed E-state index contributed by atoms with van der Waals surface area (Å²) in [6.45, 7) is 1.82. The van der Waals surface area contributed by atoms with Gasteiger partial charge in [-0.25, -0.2) is 22.2 Å². The number of nitrogens with zero attached hydrogens (tertiary/aromatic N) is 3. The van der Waals surface area contributed by atoms with Gasteiger partial charge >= 0.3 is 0 Å². The van der Waals surface area contributed by atoms with Crippen LogP contribution in [0, 0.1) is 11.6 Å². The fourth-order valence-corrected chi connectivity index (χ4v) is 3.94. The molecule has 0 spiro atoms. The largest absolute Gasteiger partial charge is 0.303 e. The monoisotopic (exact) mass is 351 g/mol. The number of rotatable bonds is 5. The number of pyridine rings is 1. The van der Waals surface area contributed by atoms with Gasteiger partial charge in [0.1, 0.15) is 22.2 Å². The van der Waals surface area contributed by atoms with E-state index in [1.54, 1.807) is 29.8 Å². The maximum atomic E-state index is 13.9. The highest BCUT2D eigenvalue weighted by Crippen LogP contribution is 2.22. The second kappa shape index (κ2) is 6.29. The molecule has 3 aromatic rings. The molecule has 0 radical (unpaired) electrons. The normalized spacial score (nSPS) is 12.2. The van der Waals surface area contributed by atoms with E-state index in [9.17, 15) is 17.2 Å². The molecule has 0 saturated carbocycles. The van der Waals surface area contributed by atoms with Gasteiger partial charge in [-0.1, -0.05) is 13.0 Å². The van der Waals surface area contributed by atoms with Gasteiger partial charge in [0.05, 0.1) is 18.4 Å². The van der Waals surface area contributed by atoms with Crippen molar-refractivity contribution in [1.82, 2.24) is 13.7 Å². The van der Waals surface area contributed by atoms with Crippen LogP contribution in [0.5, 0.6) is 0 Å². The second-order valence-electron chi connectivity index (χ2n) is 5.18. The first kappa shape index (κ1) is 16.5. The van der Waals surface area contributed by atoms with Crippen molar-refractivity contribution in [3.05, 3.63) is 66.1 Å². The minimum Gasteiger partial charge on any atom is -0.303 e. The van der Waals surface area contributed by atoms with E-state index >= 15 is 0 Å². The molecule has 0 N–H and O–H groups in total. The van der Waals surface area contributed by atoms with Crippen LogP contribution in [0.4, 0.5) is 8.78 Å². The van der Waals surface area contributed by atoms with Gasteiger partial charge in [-0.3, -0.25) is 0 Å². The zero-order chi connectivity index (χ0) is 17.3. The number of fused-ring (bicyclic) bond motifs is 1. The van der Waals surface area contributed by atoms with Crippen LogP contribution >= 0.6 is 0 Å². The minimum atomic E-state index is -4.09. The van der Waals surface area contributed by atoms with Crippen molar-refractivity contribution < 1.29 is 17.2 Å². The van der Waals surface area contributed by atoms with Gasteiger partial charge in [0.2, 0.25) is 10.0 Å². The van der Waals surface area contributed by atoms with Crippen molar-refractivity contribution in [1.29, 1.82) is 0 Å². The van der Waals surface area contributed by atoms with Gasteiger partial charge in [0.25, 0.3) is 0 Å². The van der Waals surface area contributed by atoms with Crippen LogP contribution in [-0.4, -0.2) is 28.7 Å². The molecule has 2 heterocycles. The number of halogens is 2. The molecule has 8 heteroatoms.